The fourth-order valence-corrected chi connectivity index (χ4v) is 3.04. The van der Waals surface area contributed by atoms with Crippen molar-refractivity contribution in [2.75, 3.05) is 6.61 Å². The predicted molar refractivity (Wildman–Crippen MR) is 104 cm³/mol. The Morgan fingerprint density at radius 1 is 1.00 bits per heavy atom. The molecule has 2 aromatic carbocycles. The van der Waals surface area contributed by atoms with Crippen LogP contribution < -0.4 is 5.32 Å². The lowest BCUT2D eigenvalue weighted by Gasteiger charge is -2.21. The van der Waals surface area contributed by atoms with Crippen LogP contribution in [0, 0.1) is 5.92 Å². The van der Waals surface area contributed by atoms with Gasteiger partial charge in [-0.1, -0.05) is 61.5 Å². The summed E-state index contributed by atoms with van der Waals surface area (Å²) in [7, 11) is 0. The molecule has 0 aliphatic heterocycles. The molecule has 0 aromatic heterocycles. The van der Waals surface area contributed by atoms with Gasteiger partial charge in [0.1, 0.15) is 0 Å². The summed E-state index contributed by atoms with van der Waals surface area (Å²) < 4.78 is 5.07. The molecular formula is C22H27NO3. The molecule has 0 aliphatic rings. The minimum atomic E-state index is -0.254. The molecule has 0 saturated carbocycles. The highest BCUT2D eigenvalue weighted by atomic mass is 16.5. The van der Waals surface area contributed by atoms with Crippen LogP contribution in [0.15, 0.2) is 54.6 Å². The van der Waals surface area contributed by atoms with Crippen molar-refractivity contribution in [2.45, 2.75) is 39.7 Å². The van der Waals surface area contributed by atoms with Gasteiger partial charge in [-0.15, -0.1) is 0 Å². The zero-order valence-corrected chi connectivity index (χ0v) is 15.7. The summed E-state index contributed by atoms with van der Waals surface area (Å²) in [4.78, 5) is 23.4. The van der Waals surface area contributed by atoms with E-state index in [1.165, 1.54) is 12.5 Å². The Morgan fingerprint density at radius 2 is 1.62 bits per heavy atom. The lowest BCUT2D eigenvalue weighted by atomic mass is 9.95. The first-order chi connectivity index (χ1) is 12.5. The van der Waals surface area contributed by atoms with Crippen molar-refractivity contribution in [3.8, 4) is 11.1 Å². The summed E-state index contributed by atoms with van der Waals surface area (Å²) in [6, 6.07) is 18.4. The van der Waals surface area contributed by atoms with Crippen LogP contribution in [0.4, 0.5) is 0 Å². The highest BCUT2D eigenvalue weighted by Gasteiger charge is 2.21. The highest BCUT2D eigenvalue weighted by Crippen LogP contribution is 2.20. The van der Waals surface area contributed by atoms with Crippen LogP contribution in [-0.2, 0) is 20.7 Å². The maximum Gasteiger partial charge on any atom is 0.308 e. The van der Waals surface area contributed by atoms with E-state index in [9.17, 15) is 9.59 Å². The van der Waals surface area contributed by atoms with E-state index in [0.717, 1.165) is 11.1 Å². The number of ether oxygens (including phenoxy) is 1. The van der Waals surface area contributed by atoms with Gasteiger partial charge < -0.3 is 10.1 Å². The molecule has 138 valence electrons. The third-order valence-corrected chi connectivity index (χ3v) is 4.28. The van der Waals surface area contributed by atoms with Crippen LogP contribution >= 0.6 is 0 Å². The van der Waals surface area contributed by atoms with Gasteiger partial charge in [0, 0.05) is 13.0 Å². The Labute approximate surface area is 155 Å². The van der Waals surface area contributed by atoms with Crippen molar-refractivity contribution in [3.63, 3.8) is 0 Å². The second-order valence-corrected chi connectivity index (χ2v) is 6.55. The number of benzene rings is 2. The quantitative estimate of drug-likeness (QED) is 0.730. The minimum Gasteiger partial charge on any atom is -0.466 e. The van der Waals surface area contributed by atoms with Crippen molar-refractivity contribution in [1.82, 2.24) is 5.32 Å². The summed E-state index contributed by atoms with van der Waals surface area (Å²) in [5.74, 6) is -0.565. The Morgan fingerprint density at radius 3 is 2.19 bits per heavy atom. The van der Waals surface area contributed by atoms with E-state index in [-0.39, 0.29) is 23.8 Å². The van der Waals surface area contributed by atoms with Gasteiger partial charge in [0.2, 0.25) is 5.91 Å². The maximum absolute atomic E-state index is 11.9. The standard InChI is InChI=1S/C22H27NO3/c1-4-26-22(25)16(2)14-21(23-17(3)24)15-18-10-12-20(13-11-18)19-8-6-5-7-9-19/h5-13,16,21H,4,14-15H2,1-3H3,(H,23,24)/t16-,21+/m1/s1. The normalized spacial score (nSPS) is 12.9. The largest absolute Gasteiger partial charge is 0.466 e. The van der Waals surface area contributed by atoms with Crippen LogP contribution in [0.25, 0.3) is 11.1 Å². The maximum atomic E-state index is 11.9. The van der Waals surface area contributed by atoms with Crippen molar-refractivity contribution in [1.29, 1.82) is 0 Å². The van der Waals surface area contributed by atoms with Gasteiger partial charge in [0.05, 0.1) is 12.5 Å². The summed E-state index contributed by atoms with van der Waals surface area (Å²) in [6.07, 6.45) is 1.23. The molecule has 2 aromatic rings. The number of esters is 1. The van der Waals surface area contributed by atoms with Crippen LogP contribution in [0.1, 0.15) is 32.8 Å². The van der Waals surface area contributed by atoms with Gasteiger partial charge in [-0.05, 0) is 36.5 Å². The van der Waals surface area contributed by atoms with Gasteiger partial charge >= 0.3 is 5.97 Å². The number of nitrogens with one attached hydrogen (secondary N) is 1. The monoisotopic (exact) mass is 353 g/mol. The van der Waals surface area contributed by atoms with Gasteiger partial charge in [-0.25, -0.2) is 0 Å². The summed E-state index contributed by atoms with van der Waals surface area (Å²) in [5, 5.41) is 2.96. The molecule has 4 nitrogen and oxygen atoms in total. The van der Waals surface area contributed by atoms with Crippen LogP contribution in [0.2, 0.25) is 0 Å². The molecule has 0 heterocycles. The van der Waals surface area contributed by atoms with Crippen LogP contribution in [0.5, 0.6) is 0 Å². The zero-order valence-electron chi connectivity index (χ0n) is 15.7. The van der Waals surface area contributed by atoms with Gasteiger partial charge in [-0.2, -0.15) is 0 Å². The molecule has 0 unspecified atom stereocenters. The number of amides is 1. The van der Waals surface area contributed by atoms with E-state index in [2.05, 4.69) is 41.7 Å². The molecule has 0 spiro atoms. The first-order valence-electron chi connectivity index (χ1n) is 9.07. The van der Waals surface area contributed by atoms with Crippen LogP contribution in [-0.4, -0.2) is 24.5 Å². The molecule has 0 fully saturated rings. The first-order valence-corrected chi connectivity index (χ1v) is 9.07. The number of carbonyl (C=O) groups is 2. The minimum absolute atomic E-state index is 0.0908. The highest BCUT2D eigenvalue weighted by molar-refractivity contribution is 5.74. The average Bonchev–Trinajstić information content (AvgIpc) is 2.62. The van der Waals surface area contributed by atoms with E-state index < -0.39 is 0 Å². The van der Waals surface area contributed by atoms with E-state index in [4.69, 9.17) is 4.74 Å². The summed E-state index contributed by atoms with van der Waals surface area (Å²) in [6.45, 7) is 5.50. The van der Waals surface area contributed by atoms with E-state index in [0.29, 0.717) is 19.4 Å². The molecule has 0 saturated heterocycles. The average molecular weight is 353 g/mol. The van der Waals surface area contributed by atoms with Gasteiger partial charge in [0.25, 0.3) is 0 Å². The summed E-state index contributed by atoms with van der Waals surface area (Å²) in [5.41, 5.74) is 3.46. The molecular weight excluding hydrogens is 326 g/mol. The van der Waals surface area contributed by atoms with Crippen molar-refractivity contribution >= 4 is 11.9 Å². The Balaban J connectivity index is 2.05. The van der Waals surface area contributed by atoms with Crippen molar-refractivity contribution in [3.05, 3.63) is 60.2 Å². The molecule has 0 aliphatic carbocycles. The van der Waals surface area contributed by atoms with Crippen molar-refractivity contribution < 1.29 is 14.3 Å². The van der Waals surface area contributed by atoms with E-state index >= 15 is 0 Å². The SMILES string of the molecule is CCOC(=O)[C@H](C)C[C@@H](Cc1ccc(-c2ccccc2)cc1)NC(C)=O. The van der Waals surface area contributed by atoms with Crippen LogP contribution in [0.3, 0.4) is 0 Å². The molecule has 0 radical (unpaired) electrons. The Kier molecular flexibility index (Phi) is 7.39. The zero-order chi connectivity index (χ0) is 18.9. The Hall–Kier alpha value is -2.62. The molecule has 1 amide bonds. The number of carbonyl (C=O) groups excluding carboxylic acids is 2. The Bertz CT molecular complexity index is 710. The number of hydrogen-bond donors (Lipinski definition) is 1. The smallest absolute Gasteiger partial charge is 0.308 e. The molecule has 0 bridgehead atoms. The first kappa shape index (κ1) is 19.7. The lowest BCUT2D eigenvalue weighted by molar-refractivity contribution is -0.148. The number of hydrogen-bond acceptors (Lipinski definition) is 3. The molecule has 4 heteroatoms. The van der Waals surface area contributed by atoms with E-state index in [1.807, 2.05) is 25.1 Å². The lowest BCUT2D eigenvalue weighted by Crippen LogP contribution is -2.37. The van der Waals surface area contributed by atoms with E-state index in [1.54, 1.807) is 6.92 Å². The molecule has 2 atom stereocenters. The van der Waals surface area contributed by atoms with Crippen molar-refractivity contribution in [2.24, 2.45) is 5.92 Å². The molecule has 2 rings (SSSR count). The number of rotatable bonds is 8. The third kappa shape index (κ3) is 6.03. The molecule has 26 heavy (non-hydrogen) atoms. The third-order valence-electron chi connectivity index (χ3n) is 4.28. The van der Waals surface area contributed by atoms with Gasteiger partial charge in [0.15, 0.2) is 0 Å². The molecule has 1 N–H and O–H groups in total. The topological polar surface area (TPSA) is 55.4 Å². The second-order valence-electron chi connectivity index (χ2n) is 6.55. The fourth-order valence-electron chi connectivity index (χ4n) is 3.04. The fraction of sp³-hybridized carbons (Fsp3) is 0.364. The second kappa shape index (κ2) is 9.76. The predicted octanol–water partition coefficient (Wildman–Crippen LogP) is 3.99. The summed E-state index contributed by atoms with van der Waals surface area (Å²) >= 11 is 0. The van der Waals surface area contributed by atoms with Gasteiger partial charge in [-0.3, -0.25) is 9.59 Å².